The van der Waals surface area contributed by atoms with Gasteiger partial charge >= 0.3 is 17.9 Å². The number of rotatable bonds is 47. The van der Waals surface area contributed by atoms with Gasteiger partial charge < -0.3 is 14.2 Å². The van der Waals surface area contributed by atoms with Gasteiger partial charge in [0.05, 0.1) is 0 Å². The summed E-state index contributed by atoms with van der Waals surface area (Å²) in [6, 6.07) is 0. The number of hydrogen-bond acceptors (Lipinski definition) is 6. The molecule has 0 aromatic rings. The van der Waals surface area contributed by atoms with E-state index in [-0.39, 0.29) is 31.1 Å². The molecule has 0 radical (unpaired) electrons. The molecule has 0 fully saturated rings. The first kappa shape index (κ1) is 59.9. The lowest BCUT2D eigenvalue weighted by Gasteiger charge is -2.18. The Labute approximate surface area is 389 Å². The zero-order chi connectivity index (χ0) is 45.8. The topological polar surface area (TPSA) is 78.9 Å². The molecule has 0 aliphatic heterocycles. The molecule has 0 spiro atoms. The second kappa shape index (κ2) is 51.5. The fourth-order valence-electron chi connectivity index (χ4n) is 7.24. The van der Waals surface area contributed by atoms with E-state index in [0.717, 1.165) is 109 Å². The average Bonchev–Trinajstić information content (AvgIpc) is 3.28. The molecule has 362 valence electrons. The molecule has 0 N–H and O–H groups in total. The largest absolute Gasteiger partial charge is 0.462 e. The van der Waals surface area contributed by atoms with Crippen molar-refractivity contribution in [2.24, 2.45) is 0 Å². The van der Waals surface area contributed by atoms with Crippen molar-refractivity contribution in [2.45, 2.75) is 258 Å². The van der Waals surface area contributed by atoms with E-state index in [0.29, 0.717) is 19.3 Å². The lowest BCUT2D eigenvalue weighted by atomic mass is 10.1. The van der Waals surface area contributed by atoms with Crippen molar-refractivity contribution >= 4 is 17.9 Å². The Morgan fingerprint density at radius 1 is 0.349 bits per heavy atom. The Morgan fingerprint density at radius 2 is 0.683 bits per heavy atom. The van der Waals surface area contributed by atoms with Crippen LogP contribution in [0, 0.1) is 0 Å². The van der Waals surface area contributed by atoms with Crippen LogP contribution in [0.5, 0.6) is 0 Å². The van der Waals surface area contributed by atoms with Gasteiger partial charge in [-0.15, -0.1) is 0 Å². The van der Waals surface area contributed by atoms with Gasteiger partial charge in [0.15, 0.2) is 6.10 Å². The predicted molar refractivity (Wildman–Crippen MR) is 270 cm³/mol. The highest BCUT2D eigenvalue weighted by Gasteiger charge is 2.19. The third-order valence-electron chi connectivity index (χ3n) is 11.2. The van der Waals surface area contributed by atoms with E-state index in [1.807, 2.05) is 0 Å². The molecule has 1 atom stereocenters. The summed E-state index contributed by atoms with van der Waals surface area (Å²) >= 11 is 0. The molecule has 63 heavy (non-hydrogen) atoms. The third-order valence-corrected chi connectivity index (χ3v) is 11.2. The Balaban J connectivity index is 4.38. The standard InChI is InChI=1S/C57H98O6/c1-4-7-10-13-16-19-21-23-25-27-29-31-33-35-38-41-44-47-50-56(59)62-53-54(52-61-55(58)49-46-43-40-37-18-15-12-9-6-3)63-57(60)51-48-45-42-39-36-34-32-30-28-26-24-22-20-17-14-11-8-5-2/h9,12,18,21,23,25,27,29-32,37,54H,4-8,10-11,13-17,19-20,22,24,26,28,33-36,38-53H2,1-3H3/b12-9-,23-21-,27-25-,31-29-,32-30-,37-18-. The predicted octanol–water partition coefficient (Wildman–Crippen LogP) is 17.4. The summed E-state index contributed by atoms with van der Waals surface area (Å²) < 4.78 is 16.7. The fraction of sp³-hybridized carbons (Fsp3) is 0.737. The third kappa shape index (κ3) is 49.7. The van der Waals surface area contributed by atoms with Gasteiger partial charge in [0.2, 0.25) is 0 Å². The molecular weight excluding hydrogens is 781 g/mol. The van der Waals surface area contributed by atoms with Crippen LogP contribution in [0.2, 0.25) is 0 Å². The minimum atomic E-state index is -0.800. The van der Waals surface area contributed by atoms with Crippen LogP contribution in [-0.2, 0) is 28.6 Å². The molecule has 0 rings (SSSR count). The lowest BCUT2D eigenvalue weighted by molar-refractivity contribution is -0.167. The Kier molecular flexibility index (Phi) is 48.9. The maximum absolute atomic E-state index is 12.8. The van der Waals surface area contributed by atoms with Crippen LogP contribution in [0.15, 0.2) is 72.9 Å². The first-order chi connectivity index (χ1) is 31.0. The molecule has 0 aromatic carbocycles. The van der Waals surface area contributed by atoms with E-state index in [2.05, 4.69) is 93.7 Å². The molecule has 0 bridgehead atoms. The number of hydrogen-bond donors (Lipinski definition) is 0. The minimum Gasteiger partial charge on any atom is -0.462 e. The van der Waals surface area contributed by atoms with Gasteiger partial charge in [-0.05, 0) is 96.3 Å². The molecule has 6 nitrogen and oxygen atoms in total. The van der Waals surface area contributed by atoms with E-state index >= 15 is 0 Å². The van der Waals surface area contributed by atoms with Gasteiger partial charge in [0, 0.05) is 19.3 Å². The maximum Gasteiger partial charge on any atom is 0.306 e. The zero-order valence-corrected chi connectivity index (χ0v) is 41.3. The Bertz CT molecular complexity index is 1190. The average molecular weight is 879 g/mol. The van der Waals surface area contributed by atoms with E-state index in [9.17, 15) is 14.4 Å². The van der Waals surface area contributed by atoms with Crippen LogP contribution in [0.3, 0.4) is 0 Å². The van der Waals surface area contributed by atoms with Gasteiger partial charge in [-0.25, -0.2) is 0 Å². The molecular formula is C57H98O6. The molecule has 6 heteroatoms. The number of carbonyl (C=O) groups is 3. The Morgan fingerprint density at radius 3 is 1.13 bits per heavy atom. The van der Waals surface area contributed by atoms with E-state index in [1.54, 1.807) is 0 Å². The SMILES string of the molecule is CC/C=C\C/C=C\CCCCC(=O)OCC(COC(=O)CCCCCCC\C=C/C=C\C=C/CCCCCCC)OC(=O)CCCCCCC/C=C\CCCCCCCCCCC. The number of esters is 3. The quantitative estimate of drug-likeness (QED) is 0.0199. The summed E-state index contributed by atoms with van der Waals surface area (Å²) in [6.45, 7) is 6.45. The first-order valence-corrected chi connectivity index (χ1v) is 26.5. The maximum atomic E-state index is 12.8. The number of unbranched alkanes of at least 4 members (excludes halogenated alkanes) is 26. The number of ether oxygens (including phenoxy) is 3. The van der Waals surface area contributed by atoms with Crippen LogP contribution >= 0.6 is 0 Å². The zero-order valence-electron chi connectivity index (χ0n) is 41.3. The van der Waals surface area contributed by atoms with Crippen LogP contribution in [-0.4, -0.2) is 37.2 Å². The molecule has 0 aromatic heterocycles. The summed E-state index contributed by atoms with van der Waals surface area (Å²) in [5, 5.41) is 0. The van der Waals surface area contributed by atoms with Crippen molar-refractivity contribution in [3.05, 3.63) is 72.9 Å². The van der Waals surface area contributed by atoms with Crippen LogP contribution < -0.4 is 0 Å². The first-order valence-electron chi connectivity index (χ1n) is 26.5. The molecule has 0 aliphatic rings. The van der Waals surface area contributed by atoms with Crippen molar-refractivity contribution in [2.75, 3.05) is 13.2 Å². The van der Waals surface area contributed by atoms with Crippen molar-refractivity contribution in [1.29, 1.82) is 0 Å². The van der Waals surface area contributed by atoms with Crippen LogP contribution in [0.25, 0.3) is 0 Å². The highest BCUT2D eigenvalue weighted by Crippen LogP contribution is 2.14. The van der Waals surface area contributed by atoms with Crippen molar-refractivity contribution in [3.8, 4) is 0 Å². The molecule has 0 aliphatic carbocycles. The van der Waals surface area contributed by atoms with Crippen LogP contribution in [0.1, 0.15) is 252 Å². The van der Waals surface area contributed by atoms with E-state index < -0.39 is 6.10 Å². The fourth-order valence-corrected chi connectivity index (χ4v) is 7.24. The van der Waals surface area contributed by atoms with Gasteiger partial charge in [-0.3, -0.25) is 14.4 Å². The van der Waals surface area contributed by atoms with Gasteiger partial charge in [0.1, 0.15) is 13.2 Å². The van der Waals surface area contributed by atoms with Gasteiger partial charge in [0.25, 0.3) is 0 Å². The highest BCUT2D eigenvalue weighted by atomic mass is 16.6. The summed E-state index contributed by atoms with van der Waals surface area (Å²) in [5.41, 5.74) is 0. The van der Waals surface area contributed by atoms with Gasteiger partial charge in [-0.2, -0.15) is 0 Å². The van der Waals surface area contributed by atoms with Crippen LogP contribution in [0.4, 0.5) is 0 Å². The normalized spacial score (nSPS) is 12.6. The highest BCUT2D eigenvalue weighted by molar-refractivity contribution is 5.71. The Hall–Kier alpha value is -3.15. The summed E-state index contributed by atoms with van der Waals surface area (Å²) in [5.74, 6) is -0.962. The van der Waals surface area contributed by atoms with Gasteiger partial charge in [-0.1, -0.05) is 209 Å². The van der Waals surface area contributed by atoms with E-state index in [1.165, 1.54) is 103 Å². The molecule has 0 saturated heterocycles. The monoisotopic (exact) mass is 879 g/mol. The lowest BCUT2D eigenvalue weighted by Crippen LogP contribution is -2.30. The second-order valence-corrected chi connectivity index (χ2v) is 17.5. The smallest absolute Gasteiger partial charge is 0.306 e. The summed E-state index contributed by atoms with van der Waals surface area (Å²) in [7, 11) is 0. The summed E-state index contributed by atoms with van der Waals surface area (Å²) in [4.78, 5) is 37.9. The number of allylic oxidation sites excluding steroid dienone is 12. The molecule has 0 saturated carbocycles. The van der Waals surface area contributed by atoms with Crippen molar-refractivity contribution in [1.82, 2.24) is 0 Å². The molecule has 1 unspecified atom stereocenters. The molecule has 0 amide bonds. The second-order valence-electron chi connectivity index (χ2n) is 17.5. The van der Waals surface area contributed by atoms with Crippen molar-refractivity contribution < 1.29 is 28.6 Å². The summed E-state index contributed by atoms with van der Waals surface area (Å²) in [6.07, 6.45) is 64.7. The van der Waals surface area contributed by atoms with E-state index in [4.69, 9.17) is 14.2 Å². The minimum absolute atomic E-state index is 0.0998. The molecule has 0 heterocycles. The van der Waals surface area contributed by atoms with Crippen molar-refractivity contribution in [3.63, 3.8) is 0 Å². The number of carbonyl (C=O) groups excluding carboxylic acids is 3.